The molecule has 0 fully saturated rings. The van der Waals surface area contributed by atoms with Crippen LogP contribution < -0.4 is 0 Å². The Kier molecular flexibility index (Phi) is 3.30. The van der Waals surface area contributed by atoms with E-state index in [1.54, 1.807) is 11.3 Å². The summed E-state index contributed by atoms with van der Waals surface area (Å²) in [6, 6.07) is 16.6. The predicted octanol–water partition coefficient (Wildman–Crippen LogP) is 5.40. The molecule has 0 unspecified atom stereocenters. The third kappa shape index (κ3) is 2.33. The third-order valence-corrected chi connectivity index (χ3v) is 5.81. The normalized spacial score (nSPS) is 13.3. The first-order chi connectivity index (χ1) is 12.2. The number of benzene rings is 2. The van der Waals surface area contributed by atoms with E-state index < -0.39 is 0 Å². The molecule has 4 aromatic rings. The molecule has 0 saturated carbocycles. The van der Waals surface area contributed by atoms with Gasteiger partial charge in [-0.1, -0.05) is 23.7 Å². The number of nitrogens with zero attached hydrogens (tertiary/aromatic N) is 3. The van der Waals surface area contributed by atoms with Gasteiger partial charge in [-0.2, -0.15) is 0 Å². The highest BCUT2D eigenvalue weighted by Gasteiger charge is 2.20. The molecule has 0 saturated heterocycles. The zero-order chi connectivity index (χ0) is 17.0. The molecule has 0 radical (unpaired) electrons. The van der Waals surface area contributed by atoms with Gasteiger partial charge >= 0.3 is 0 Å². The molecule has 2 aromatic heterocycles. The van der Waals surface area contributed by atoms with Crippen molar-refractivity contribution in [2.45, 2.75) is 13.5 Å². The van der Waals surface area contributed by atoms with Gasteiger partial charge in [-0.05, 0) is 43.3 Å². The molecule has 0 aliphatic carbocycles. The van der Waals surface area contributed by atoms with E-state index in [2.05, 4.69) is 46.1 Å². The van der Waals surface area contributed by atoms with E-state index in [4.69, 9.17) is 16.6 Å². The molecule has 3 nitrogen and oxygen atoms in total. The van der Waals surface area contributed by atoms with Crippen LogP contribution in [0.4, 0.5) is 0 Å². The Hall–Kier alpha value is -2.43. The van der Waals surface area contributed by atoms with E-state index in [1.165, 1.54) is 4.70 Å². The fourth-order valence-electron chi connectivity index (χ4n) is 3.38. The number of aromatic nitrogens is 2. The van der Waals surface area contributed by atoms with Crippen molar-refractivity contribution in [3.8, 4) is 5.69 Å². The number of fused-ring (bicyclic) bond motifs is 4. The highest BCUT2D eigenvalue weighted by atomic mass is 35.5. The monoisotopic (exact) mass is 363 g/mol. The fourth-order valence-corrected chi connectivity index (χ4v) is 4.42. The quantitative estimate of drug-likeness (QED) is 0.445. The van der Waals surface area contributed by atoms with E-state index >= 15 is 0 Å². The minimum atomic E-state index is 0.570. The standard InChI is InChI=1S/C20H14ClN3S/c1-12-23-16-10-13(7-8-19(16)25-12)20-18-6-3-9-24(18)17-5-2-4-15(21)14(17)11-22-20/h2-10H,11H2,1H3. The first-order valence-electron chi connectivity index (χ1n) is 8.08. The minimum Gasteiger partial charge on any atom is -0.315 e. The second-order valence-electron chi connectivity index (χ2n) is 6.08. The Morgan fingerprint density at radius 1 is 1.12 bits per heavy atom. The average Bonchev–Trinajstić information content (AvgIpc) is 3.18. The highest BCUT2D eigenvalue weighted by Crippen LogP contribution is 2.30. The van der Waals surface area contributed by atoms with Crippen LogP contribution in [0.3, 0.4) is 0 Å². The predicted molar refractivity (Wildman–Crippen MR) is 104 cm³/mol. The van der Waals surface area contributed by atoms with Crippen LogP contribution in [0, 0.1) is 6.92 Å². The van der Waals surface area contributed by atoms with Gasteiger partial charge in [0, 0.05) is 22.3 Å². The number of halogens is 1. The molecule has 1 aliphatic heterocycles. The van der Waals surface area contributed by atoms with Crippen molar-refractivity contribution >= 4 is 38.9 Å². The summed E-state index contributed by atoms with van der Waals surface area (Å²) in [5, 5.41) is 1.84. The summed E-state index contributed by atoms with van der Waals surface area (Å²) >= 11 is 8.15. The topological polar surface area (TPSA) is 30.2 Å². The fraction of sp³-hybridized carbons (Fsp3) is 0.100. The van der Waals surface area contributed by atoms with Crippen molar-refractivity contribution in [2.24, 2.45) is 4.99 Å². The summed E-state index contributed by atoms with van der Waals surface area (Å²) in [6.07, 6.45) is 2.07. The van der Waals surface area contributed by atoms with Crippen LogP contribution in [0.15, 0.2) is 59.7 Å². The summed E-state index contributed by atoms with van der Waals surface area (Å²) in [7, 11) is 0. The number of thiazole rings is 1. The van der Waals surface area contributed by atoms with Gasteiger partial charge in [-0.3, -0.25) is 4.99 Å². The lowest BCUT2D eigenvalue weighted by molar-refractivity contribution is 1.02. The van der Waals surface area contributed by atoms with Gasteiger partial charge in [0.25, 0.3) is 0 Å². The summed E-state index contributed by atoms with van der Waals surface area (Å²) in [5.74, 6) is 0. The van der Waals surface area contributed by atoms with E-state index in [1.807, 2.05) is 25.1 Å². The lowest BCUT2D eigenvalue weighted by Crippen LogP contribution is -2.08. The van der Waals surface area contributed by atoms with Crippen LogP contribution in [0.25, 0.3) is 15.9 Å². The van der Waals surface area contributed by atoms with E-state index in [0.717, 1.165) is 43.8 Å². The molecule has 0 atom stereocenters. The second-order valence-corrected chi connectivity index (χ2v) is 7.72. The van der Waals surface area contributed by atoms with E-state index in [-0.39, 0.29) is 0 Å². The molecule has 0 amide bonds. The molecule has 3 heterocycles. The first-order valence-corrected chi connectivity index (χ1v) is 9.28. The number of hydrogen-bond donors (Lipinski definition) is 0. The Morgan fingerprint density at radius 2 is 2.04 bits per heavy atom. The second kappa shape index (κ2) is 5.55. The zero-order valence-corrected chi connectivity index (χ0v) is 15.1. The summed E-state index contributed by atoms with van der Waals surface area (Å²) in [4.78, 5) is 9.53. The molecule has 1 aliphatic rings. The molecule has 122 valence electrons. The van der Waals surface area contributed by atoms with Gasteiger partial charge in [0.15, 0.2) is 0 Å². The largest absolute Gasteiger partial charge is 0.315 e. The molecular formula is C20H14ClN3S. The maximum Gasteiger partial charge on any atom is 0.0907 e. The minimum absolute atomic E-state index is 0.570. The maximum atomic E-state index is 6.43. The number of rotatable bonds is 1. The van der Waals surface area contributed by atoms with Crippen molar-refractivity contribution in [2.75, 3.05) is 0 Å². The number of aliphatic imine (C=N–C) groups is 1. The van der Waals surface area contributed by atoms with E-state index in [9.17, 15) is 0 Å². The molecule has 0 bridgehead atoms. The Balaban J connectivity index is 1.73. The zero-order valence-electron chi connectivity index (χ0n) is 13.5. The molecule has 0 spiro atoms. The lowest BCUT2D eigenvalue weighted by atomic mass is 10.1. The highest BCUT2D eigenvalue weighted by molar-refractivity contribution is 7.18. The Morgan fingerprint density at radius 3 is 2.96 bits per heavy atom. The lowest BCUT2D eigenvalue weighted by Gasteiger charge is -2.11. The van der Waals surface area contributed by atoms with Gasteiger partial charge in [0.1, 0.15) is 0 Å². The van der Waals surface area contributed by atoms with Gasteiger partial charge in [0.05, 0.1) is 38.9 Å². The summed E-state index contributed by atoms with van der Waals surface area (Å²) in [5.41, 5.74) is 6.32. The number of hydrogen-bond acceptors (Lipinski definition) is 3. The molecule has 5 heteroatoms. The molecule has 0 N–H and O–H groups in total. The van der Waals surface area contributed by atoms with Crippen LogP contribution in [0.5, 0.6) is 0 Å². The van der Waals surface area contributed by atoms with Gasteiger partial charge < -0.3 is 4.57 Å². The van der Waals surface area contributed by atoms with Crippen molar-refractivity contribution in [1.29, 1.82) is 0 Å². The first kappa shape index (κ1) is 14.9. The number of aryl methyl sites for hydroxylation is 1. The molecule has 25 heavy (non-hydrogen) atoms. The smallest absolute Gasteiger partial charge is 0.0907 e. The van der Waals surface area contributed by atoms with Crippen LogP contribution >= 0.6 is 22.9 Å². The van der Waals surface area contributed by atoms with Crippen LogP contribution in [0.1, 0.15) is 21.8 Å². The van der Waals surface area contributed by atoms with Crippen LogP contribution in [-0.4, -0.2) is 15.3 Å². The third-order valence-electron chi connectivity index (χ3n) is 4.51. The van der Waals surface area contributed by atoms with Crippen molar-refractivity contribution in [1.82, 2.24) is 9.55 Å². The van der Waals surface area contributed by atoms with Crippen LogP contribution in [-0.2, 0) is 6.54 Å². The van der Waals surface area contributed by atoms with Gasteiger partial charge in [-0.25, -0.2) is 4.98 Å². The Bertz CT molecular complexity index is 1150. The summed E-state index contributed by atoms with van der Waals surface area (Å²) in [6.45, 7) is 2.61. The van der Waals surface area contributed by atoms with Crippen molar-refractivity contribution in [3.63, 3.8) is 0 Å². The van der Waals surface area contributed by atoms with E-state index in [0.29, 0.717) is 6.54 Å². The SMILES string of the molecule is Cc1nc2cc(C3=NCc4c(Cl)cccc4-n4cccc43)ccc2s1. The maximum absolute atomic E-state index is 6.43. The van der Waals surface area contributed by atoms with Crippen molar-refractivity contribution < 1.29 is 0 Å². The van der Waals surface area contributed by atoms with Crippen molar-refractivity contribution in [3.05, 3.63) is 81.6 Å². The molecule has 2 aromatic carbocycles. The molecule has 5 rings (SSSR count). The Labute approximate surface area is 154 Å². The average molecular weight is 364 g/mol. The van der Waals surface area contributed by atoms with Crippen LogP contribution in [0.2, 0.25) is 5.02 Å². The van der Waals surface area contributed by atoms with Gasteiger partial charge in [-0.15, -0.1) is 11.3 Å². The summed E-state index contributed by atoms with van der Waals surface area (Å²) < 4.78 is 3.38. The van der Waals surface area contributed by atoms with Gasteiger partial charge in [0.2, 0.25) is 0 Å². The molecular weight excluding hydrogens is 350 g/mol.